The number of aromatic nitrogens is 2. The van der Waals surface area contributed by atoms with E-state index in [0.29, 0.717) is 5.39 Å². The number of hydrogen-bond donors (Lipinski definition) is 1. The van der Waals surface area contributed by atoms with Crippen molar-refractivity contribution < 1.29 is 21.6 Å². The second-order valence-corrected chi connectivity index (χ2v) is 8.60. The molecule has 1 aromatic heterocycles. The minimum absolute atomic E-state index is 0.0437. The van der Waals surface area contributed by atoms with Gasteiger partial charge in [-0.1, -0.05) is 28.1 Å². The summed E-state index contributed by atoms with van der Waals surface area (Å²) in [5, 5.41) is 10.2. The van der Waals surface area contributed by atoms with E-state index in [9.17, 15) is 21.6 Å². The zero-order valence-electron chi connectivity index (χ0n) is 13.9. The van der Waals surface area contributed by atoms with Crippen LogP contribution in [0.25, 0.3) is 27.4 Å². The van der Waals surface area contributed by atoms with Crippen molar-refractivity contribution in [2.45, 2.75) is 11.1 Å². The van der Waals surface area contributed by atoms with Crippen LogP contribution >= 0.6 is 15.9 Å². The Hall–Kier alpha value is -2.43. The highest BCUT2D eigenvalue weighted by molar-refractivity contribution is 9.10. The van der Waals surface area contributed by atoms with Gasteiger partial charge in [0.15, 0.2) is 5.69 Å². The second kappa shape index (κ2) is 6.29. The topological polar surface area (TPSA) is 78.0 Å². The molecule has 0 atom stereocenters. The smallest absolute Gasteiger partial charge is 0.232 e. The van der Waals surface area contributed by atoms with Gasteiger partial charge in [0, 0.05) is 15.2 Å². The number of alkyl halides is 3. The molecule has 0 saturated heterocycles. The summed E-state index contributed by atoms with van der Waals surface area (Å²) in [5.74, 6) is 0. The van der Waals surface area contributed by atoms with E-state index in [2.05, 4.69) is 21.0 Å². The number of sulfonamides is 1. The van der Waals surface area contributed by atoms with Gasteiger partial charge in [-0.3, -0.25) is 0 Å². The average Bonchev–Trinajstić information content (AvgIpc) is 3.01. The lowest BCUT2D eigenvalue weighted by atomic mass is 10.1. The molecule has 5 nitrogen and oxygen atoms in total. The summed E-state index contributed by atoms with van der Waals surface area (Å²) < 4.78 is 65.5. The highest BCUT2D eigenvalue weighted by atomic mass is 79.9. The minimum Gasteiger partial charge on any atom is -0.232 e. The van der Waals surface area contributed by atoms with Gasteiger partial charge < -0.3 is 0 Å². The standard InChI is InChI=1S/C18H11BrF3N3O2S/c19-11-2-8-14-10(9-11)1-7-15-16(14)25(24-17(15)18(20,21)22)12-3-5-13(6-4-12)28(23,26)27/h1-9H,(H2,23,26,27). The number of nitrogens with zero attached hydrogens (tertiary/aromatic N) is 2. The third-order valence-corrected chi connectivity index (χ3v) is 5.72. The minimum atomic E-state index is -4.65. The normalized spacial score (nSPS) is 12.8. The molecule has 144 valence electrons. The fraction of sp³-hybridized carbons (Fsp3) is 0.0556. The predicted molar refractivity (Wildman–Crippen MR) is 103 cm³/mol. The van der Waals surface area contributed by atoms with Crippen molar-refractivity contribution in [2.24, 2.45) is 5.14 Å². The number of hydrogen-bond acceptors (Lipinski definition) is 3. The number of primary sulfonamides is 1. The number of rotatable bonds is 2. The molecule has 0 bridgehead atoms. The molecule has 3 aromatic carbocycles. The summed E-state index contributed by atoms with van der Waals surface area (Å²) in [7, 11) is -3.92. The van der Waals surface area contributed by atoms with Gasteiger partial charge >= 0.3 is 6.18 Å². The maximum atomic E-state index is 13.6. The molecular formula is C18H11BrF3N3O2S. The first-order chi connectivity index (χ1) is 13.1. The van der Waals surface area contributed by atoms with Crippen LogP contribution in [0.5, 0.6) is 0 Å². The number of benzene rings is 3. The monoisotopic (exact) mass is 469 g/mol. The van der Waals surface area contributed by atoms with Crippen LogP contribution in [0.3, 0.4) is 0 Å². The van der Waals surface area contributed by atoms with Gasteiger partial charge in [-0.05, 0) is 47.9 Å². The predicted octanol–water partition coefficient (Wildman–Crippen LogP) is 4.61. The second-order valence-electron chi connectivity index (χ2n) is 6.12. The van der Waals surface area contributed by atoms with Gasteiger partial charge in [-0.2, -0.15) is 18.3 Å². The molecule has 4 rings (SSSR count). The molecule has 0 saturated carbocycles. The fourth-order valence-corrected chi connectivity index (χ4v) is 3.97. The van der Waals surface area contributed by atoms with Gasteiger partial charge in [0.2, 0.25) is 10.0 Å². The van der Waals surface area contributed by atoms with Crippen molar-refractivity contribution >= 4 is 47.6 Å². The van der Waals surface area contributed by atoms with E-state index in [1.807, 2.05) is 0 Å². The Kier molecular flexibility index (Phi) is 4.25. The summed E-state index contributed by atoms with van der Waals surface area (Å²) >= 11 is 3.35. The van der Waals surface area contributed by atoms with Crippen LogP contribution < -0.4 is 5.14 Å². The first kappa shape index (κ1) is 18.9. The van der Waals surface area contributed by atoms with Crippen molar-refractivity contribution in [3.8, 4) is 5.69 Å². The summed E-state index contributed by atoms with van der Waals surface area (Å²) in [6, 6.07) is 13.4. The van der Waals surface area contributed by atoms with Crippen molar-refractivity contribution in [3.05, 3.63) is 64.8 Å². The lowest BCUT2D eigenvalue weighted by Crippen LogP contribution is -2.12. The van der Waals surface area contributed by atoms with Gasteiger partial charge in [0.1, 0.15) is 0 Å². The van der Waals surface area contributed by atoms with E-state index in [0.717, 1.165) is 9.86 Å². The molecular weight excluding hydrogens is 459 g/mol. The molecule has 0 aliphatic rings. The van der Waals surface area contributed by atoms with Gasteiger partial charge in [0.05, 0.1) is 16.1 Å². The Balaban J connectivity index is 2.07. The van der Waals surface area contributed by atoms with Crippen LogP contribution in [-0.4, -0.2) is 18.2 Å². The molecule has 0 aliphatic carbocycles. The van der Waals surface area contributed by atoms with E-state index in [1.165, 1.54) is 35.0 Å². The van der Waals surface area contributed by atoms with E-state index in [-0.39, 0.29) is 21.5 Å². The van der Waals surface area contributed by atoms with Crippen molar-refractivity contribution in [3.63, 3.8) is 0 Å². The number of fused-ring (bicyclic) bond motifs is 3. The van der Waals surface area contributed by atoms with E-state index in [4.69, 9.17) is 5.14 Å². The maximum Gasteiger partial charge on any atom is 0.435 e. The molecule has 0 fully saturated rings. The Morgan fingerprint density at radius 1 is 0.964 bits per heavy atom. The third kappa shape index (κ3) is 3.17. The van der Waals surface area contributed by atoms with Gasteiger partial charge in [-0.15, -0.1) is 0 Å². The van der Waals surface area contributed by atoms with Crippen LogP contribution in [0.4, 0.5) is 13.2 Å². The Morgan fingerprint density at radius 3 is 2.21 bits per heavy atom. The van der Waals surface area contributed by atoms with E-state index < -0.39 is 21.9 Å². The van der Waals surface area contributed by atoms with Gasteiger partial charge in [0.25, 0.3) is 0 Å². The molecule has 2 N–H and O–H groups in total. The van der Waals surface area contributed by atoms with E-state index >= 15 is 0 Å². The highest BCUT2D eigenvalue weighted by Crippen LogP contribution is 2.38. The van der Waals surface area contributed by atoms with Crippen molar-refractivity contribution in [2.75, 3.05) is 0 Å². The first-order valence-electron chi connectivity index (χ1n) is 7.87. The van der Waals surface area contributed by atoms with Gasteiger partial charge in [-0.25, -0.2) is 18.2 Å². The highest BCUT2D eigenvalue weighted by Gasteiger charge is 2.37. The summed E-state index contributed by atoms with van der Waals surface area (Å²) in [6.07, 6.45) is -4.65. The molecule has 0 aliphatic heterocycles. The zero-order chi connectivity index (χ0) is 20.3. The molecule has 0 radical (unpaired) electrons. The molecule has 0 amide bonds. The molecule has 10 heteroatoms. The average molecular weight is 470 g/mol. The van der Waals surface area contributed by atoms with Crippen molar-refractivity contribution in [1.82, 2.24) is 9.78 Å². The molecule has 1 heterocycles. The largest absolute Gasteiger partial charge is 0.435 e. The summed E-state index contributed by atoms with van der Waals surface area (Å²) in [5.41, 5.74) is -0.452. The quantitative estimate of drug-likeness (QED) is 0.465. The molecule has 4 aromatic rings. The lowest BCUT2D eigenvalue weighted by Gasteiger charge is -2.07. The maximum absolute atomic E-state index is 13.6. The third-order valence-electron chi connectivity index (χ3n) is 4.30. The van der Waals surface area contributed by atoms with Crippen LogP contribution in [-0.2, 0) is 16.2 Å². The zero-order valence-corrected chi connectivity index (χ0v) is 16.3. The first-order valence-corrected chi connectivity index (χ1v) is 10.2. The molecule has 28 heavy (non-hydrogen) atoms. The van der Waals surface area contributed by atoms with Crippen LogP contribution in [0.2, 0.25) is 0 Å². The number of nitrogens with two attached hydrogens (primary N) is 1. The lowest BCUT2D eigenvalue weighted by molar-refractivity contribution is -0.140. The van der Waals surface area contributed by atoms with Crippen LogP contribution in [0, 0.1) is 0 Å². The Morgan fingerprint density at radius 2 is 1.61 bits per heavy atom. The Bertz CT molecular complexity index is 1330. The van der Waals surface area contributed by atoms with E-state index in [1.54, 1.807) is 24.3 Å². The Labute approximate surface area is 165 Å². The fourth-order valence-electron chi connectivity index (χ4n) is 3.08. The van der Waals surface area contributed by atoms with Crippen LogP contribution in [0.15, 0.2) is 64.0 Å². The summed E-state index contributed by atoms with van der Waals surface area (Å²) in [6.45, 7) is 0. The molecule has 0 unspecified atom stereocenters. The number of halogens is 4. The SMILES string of the molecule is NS(=O)(=O)c1ccc(-n2nc(C(F)(F)F)c3ccc4cc(Br)ccc4c32)cc1. The van der Waals surface area contributed by atoms with Crippen LogP contribution in [0.1, 0.15) is 5.69 Å². The molecule has 0 spiro atoms. The summed E-state index contributed by atoms with van der Waals surface area (Å²) in [4.78, 5) is -0.141. The van der Waals surface area contributed by atoms with Crippen molar-refractivity contribution in [1.29, 1.82) is 0 Å².